The summed E-state index contributed by atoms with van der Waals surface area (Å²) in [5.41, 5.74) is 7.00. The number of ether oxygens (including phenoxy) is 2. The summed E-state index contributed by atoms with van der Waals surface area (Å²) in [5.74, 6) is 1.27. The van der Waals surface area contributed by atoms with E-state index >= 15 is 0 Å². The molecule has 3 aromatic rings. The van der Waals surface area contributed by atoms with Gasteiger partial charge in [-0.25, -0.2) is 15.3 Å². The minimum absolute atomic E-state index is 0.251. The lowest BCUT2D eigenvalue weighted by Crippen LogP contribution is -2.52. The summed E-state index contributed by atoms with van der Waals surface area (Å²) in [7, 11) is 1.64. The zero-order valence-electron chi connectivity index (χ0n) is 23.7. The van der Waals surface area contributed by atoms with Crippen LogP contribution in [0.5, 0.6) is 11.5 Å². The van der Waals surface area contributed by atoms with E-state index in [-0.39, 0.29) is 5.91 Å². The zero-order chi connectivity index (χ0) is 29.2. The first-order valence-electron chi connectivity index (χ1n) is 13.5. The molecule has 3 amide bonds. The highest BCUT2D eigenvalue weighted by Crippen LogP contribution is 2.36. The van der Waals surface area contributed by atoms with E-state index in [2.05, 4.69) is 10.8 Å². The molecule has 1 atom stereocenters. The molecule has 1 heterocycles. The van der Waals surface area contributed by atoms with Crippen LogP contribution in [0.2, 0.25) is 0 Å². The fourth-order valence-electron chi connectivity index (χ4n) is 4.78. The van der Waals surface area contributed by atoms with E-state index in [4.69, 9.17) is 18.0 Å². The molecule has 2 N–H and O–H groups in total. The number of nitrogens with one attached hydrogen (secondary N) is 2. The van der Waals surface area contributed by atoms with Crippen molar-refractivity contribution in [3.8, 4) is 11.5 Å². The smallest absolute Gasteiger partial charge is 0.340 e. The van der Waals surface area contributed by atoms with Gasteiger partial charge >= 0.3 is 6.03 Å². The molecular weight excluding hydrogens is 544 g/mol. The van der Waals surface area contributed by atoms with Gasteiger partial charge in [0, 0.05) is 18.7 Å². The van der Waals surface area contributed by atoms with Gasteiger partial charge in [0.1, 0.15) is 17.5 Å². The van der Waals surface area contributed by atoms with Crippen LogP contribution >= 0.6 is 12.3 Å². The summed E-state index contributed by atoms with van der Waals surface area (Å²) in [6.07, 6.45) is 1.10. The Hall–Kier alpha value is -3.93. The van der Waals surface area contributed by atoms with E-state index in [1.165, 1.54) is 0 Å². The number of methoxy groups -OCH3 is 1. The lowest BCUT2D eigenvalue weighted by Gasteiger charge is -2.27. The molecule has 11 heteroatoms. The highest BCUT2D eigenvalue weighted by Gasteiger charge is 2.28. The van der Waals surface area contributed by atoms with Crippen molar-refractivity contribution in [3.63, 3.8) is 0 Å². The number of hydroxylamine groups is 2. The van der Waals surface area contributed by atoms with Crippen LogP contribution in [0.4, 0.5) is 16.2 Å². The Morgan fingerprint density at radius 2 is 1.80 bits per heavy atom. The van der Waals surface area contributed by atoms with Crippen molar-refractivity contribution in [1.29, 1.82) is 0 Å². The standard InChI is InChI=1S/C30H36N4O6S/c1-5-33(24-12-14-25(15-13-24)38-6-2)29(35)27(19-22-10-8-7-9-11-22)31-30(36)32-39-41-40-34-17-16-23-20-26(37-4)18-21(3)28(23)34/h7-15,18,20,27H,5-6,16-17,19H2,1-4H3,(H2,31,32,36)/t27-/m0/s1. The molecule has 0 spiro atoms. The van der Waals surface area contributed by atoms with Gasteiger partial charge < -0.3 is 19.7 Å². The highest BCUT2D eigenvalue weighted by molar-refractivity contribution is 7.89. The Labute approximate surface area is 245 Å². The summed E-state index contributed by atoms with van der Waals surface area (Å²) in [6, 6.07) is 19.2. The Morgan fingerprint density at radius 3 is 2.49 bits per heavy atom. The first kappa shape index (κ1) is 30.0. The van der Waals surface area contributed by atoms with E-state index in [1.54, 1.807) is 17.1 Å². The average Bonchev–Trinajstić information content (AvgIpc) is 3.40. The van der Waals surface area contributed by atoms with E-state index in [0.717, 1.165) is 40.3 Å². The summed E-state index contributed by atoms with van der Waals surface area (Å²) in [5, 5.41) is 4.47. The molecule has 0 radical (unpaired) electrons. The van der Waals surface area contributed by atoms with Crippen LogP contribution in [-0.4, -0.2) is 44.8 Å². The van der Waals surface area contributed by atoms with Crippen LogP contribution in [0.15, 0.2) is 66.7 Å². The maximum absolute atomic E-state index is 13.7. The fourth-order valence-corrected chi connectivity index (χ4v) is 5.14. The van der Waals surface area contributed by atoms with E-state index in [0.29, 0.717) is 44.1 Å². The average molecular weight is 581 g/mol. The predicted octanol–water partition coefficient (Wildman–Crippen LogP) is 5.15. The number of aryl methyl sites for hydroxylation is 1. The molecule has 1 aliphatic heterocycles. The number of likely N-dealkylation sites (N-methyl/N-ethyl adjacent to an activating group) is 1. The number of hydrogen-bond donors (Lipinski definition) is 2. The maximum atomic E-state index is 13.7. The number of fused-ring (bicyclic) bond motifs is 1. The zero-order valence-corrected chi connectivity index (χ0v) is 24.5. The molecule has 1 aliphatic rings. The summed E-state index contributed by atoms with van der Waals surface area (Å²) < 4.78 is 21.8. The lowest BCUT2D eigenvalue weighted by molar-refractivity contribution is -0.120. The maximum Gasteiger partial charge on any atom is 0.340 e. The number of carbonyl (C=O) groups excluding carboxylic acids is 2. The minimum Gasteiger partial charge on any atom is -0.497 e. The van der Waals surface area contributed by atoms with Crippen molar-refractivity contribution in [3.05, 3.63) is 83.4 Å². The third-order valence-electron chi connectivity index (χ3n) is 6.64. The van der Waals surface area contributed by atoms with Crippen molar-refractivity contribution in [2.24, 2.45) is 0 Å². The topological polar surface area (TPSA) is 102 Å². The normalized spacial score (nSPS) is 12.8. The Morgan fingerprint density at radius 1 is 1.05 bits per heavy atom. The molecule has 0 saturated carbocycles. The molecule has 41 heavy (non-hydrogen) atoms. The molecule has 0 aliphatic carbocycles. The SMILES string of the molecule is CCOc1ccc(N(CC)C(=O)[C@H](Cc2ccccc2)NC(=O)NOSON2CCc3cc(OC)cc(C)c32)cc1. The summed E-state index contributed by atoms with van der Waals surface area (Å²) in [4.78, 5) is 28.1. The van der Waals surface area contributed by atoms with Crippen LogP contribution in [0.3, 0.4) is 0 Å². The third kappa shape index (κ3) is 7.84. The van der Waals surface area contributed by atoms with Gasteiger partial charge in [0.2, 0.25) is 18.2 Å². The van der Waals surface area contributed by atoms with E-state index < -0.39 is 12.1 Å². The van der Waals surface area contributed by atoms with E-state index in [9.17, 15) is 9.59 Å². The number of nitrogens with zero attached hydrogens (tertiary/aromatic N) is 2. The van der Waals surface area contributed by atoms with Crippen molar-refractivity contribution < 1.29 is 27.6 Å². The number of rotatable bonds is 13. The number of carbonyl (C=O) groups is 2. The Balaban J connectivity index is 1.36. The first-order valence-corrected chi connectivity index (χ1v) is 14.2. The fraction of sp³-hybridized carbons (Fsp3) is 0.333. The molecule has 0 saturated heterocycles. The molecule has 0 unspecified atom stereocenters. The van der Waals surface area contributed by atoms with Gasteiger partial charge in [0.05, 0.1) is 25.9 Å². The molecule has 3 aromatic carbocycles. The second-order valence-corrected chi connectivity index (χ2v) is 9.81. The van der Waals surface area contributed by atoms with Crippen molar-refractivity contribution in [1.82, 2.24) is 10.8 Å². The number of hydrogen-bond acceptors (Lipinski definition) is 8. The molecule has 4 rings (SSSR count). The summed E-state index contributed by atoms with van der Waals surface area (Å²) >= 11 is 0.629. The van der Waals surface area contributed by atoms with Crippen LogP contribution in [0.1, 0.15) is 30.5 Å². The van der Waals surface area contributed by atoms with Gasteiger partial charge in [0.15, 0.2) is 0 Å². The van der Waals surface area contributed by atoms with Crippen molar-refractivity contribution in [2.75, 3.05) is 36.8 Å². The Kier molecular flexibility index (Phi) is 10.7. The molecule has 0 aromatic heterocycles. The van der Waals surface area contributed by atoms with Gasteiger partial charge in [-0.05, 0) is 80.3 Å². The molecule has 0 bridgehead atoms. The van der Waals surface area contributed by atoms with Gasteiger partial charge in [-0.2, -0.15) is 8.57 Å². The number of benzene rings is 3. The van der Waals surface area contributed by atoms with Crippen molar-refractivity contribution in [2.45, 2.75) is 39.7 Å². The molecule has 10 nitrogen and oxygen atoms in total. The van der Waals surface area contributed by atoms with Gasteiger partial charge in [-0.3, -0.25) is 4.79 Å². The first-order chi connectivity index (χ1) is 19.9. The minimum atomic E-state index is -0.846. The van der Waals surface area contributed by atoms with Crippen molar-refractivity contribution >= 4 is 35.6 Å². The molecular formula is C30H36N4O6S. The number of amides is 3. The van der Waals surface area contributed by atoms with E-state index in [1.807, 2.05) is 87.5 Å². The Bertz CT molecular complexity index is 1310. The summed E-state index contributed by atoms with van der Waals surface area (Å²) in [6.45, 7) is 7.40. The van der Waals surface area contributed by atoms with Crippen LogP contribution in [0.25, 0.3) is 0 Å². The van der Waals surface area contributed by atoms with Gasteiger partial charge in [-0.15, -0.1) is 0 Å². The van der Waals surface area contributed by atoms with Gasteiger partial charge in [-0.1, -0.05) is 30.3 Å². The number of anilines is 2. The monoisotopic (exact) mass is 580 g/mol. The molecule has 218 valence electrons. The van der Waals surface area contributed by atoms with Crippen LogP contribution in [-0.2, 0) is 26.2 Å². The second kappa shape index (κ2) is 14.6. The third-order valence-corrected chi connectivity index (χ3v) is 7.03. The van der Waals surface area contributed by atoms with Crippen LogP contribution in [0, 0.1) is 6.92 Å². The lowest BCUT2D eigenvalue weighted by atomic mass is 10.0. The number of urea groups is 1. The predicted molar refractivity (Wildman–Crippen MR) is 160 cm³/mol. The largest absolute Gasteiger partial charge is 0.497 e. The quantitative estimate of drug-likeness (QED) is 0.163. The van der Waals surface area contributed by atoms with Crippen LogP contribution < -0.4 is 30.2 Å². The van der Waals surface area contributed by atoms with Gasteiger partial charge in [0.25, 0.3) is 0 Å². The second-order valence-electron chi connectivity index (χ2n) is 9.36. The molecule has 0 fully saturated rings. The highest BCUT2D eigenvalue weighted by atomic mass is 32.2.